The highest BCUT2D eigenvalue weighted by atomic mass is 16.5. The van der Waals surface area contributed by atoms with Gasteiger partial charge in [0.2, 0.25) is 0 Å². The van der Waals surface area contributed by atoms with Crippen LogP contribution in [0.3, 0.4) is 0 Å². The first kappa shape index (κ1) is 13.4. The lowest BCUT2D eigenvalue weighted by molar-refractivity contribution is -0.144. The van der Waals surface area contributed by atoms with E-state index in [0.29, 0.717) is 19.1 Å². The summed E-state index contributed by atoms with van der Waals surface area (Å²) in [6, 6.07) is 0.739. The smallest absolute Gasteiger partial charge is 0.307 e. The van der Waals surface area contributed by atoms with Gasteiger partial charge in [0.25, 0.3) is 0 Å². The molecule has 3 heteroatoms. The van der Waals surface area contributed by atoms with Crippen LogP contribution in [0.1, 0.15) is 41.0 Å². The van der Waals surface area contributed by atoms with E-state index in [-0.39, 0.29) is 12.0 Å². The summed E-state index contributed by atoms with van der Waals surface area (Å²) in [5.41, 5.74) is 0. The van der Waals surface area contributed by atoms with Crippen LogP contribution in [0.4, 0.5) is 0 Å². The second-order valence-corrected chi connectivity index (χ2v) is 3.78. The summed E-state index contributed by atoms with van der Waals surface area (Å²) in [4.78, 5) is 13.5. The summed E-state index contributed by atoms with van der Waals surface area (Å²) in [6.07, 6.45) is 0.486. The maximum absolute atomic E-state index is 11.2. The Kier molecular flexibility index (Phi) is 6.54. The maximum Gasteiger partial charge on any atom is 0.307 e. The van der Waals surface area contributed by atoms with Crippen molar-refractivity contribution in [3.05, 3.63) is 0 Å². The Morgan fingerprint density at radius 1 is 1.29 bits per heavy atom. The molecule has 0 aliphatic rings. The van der Waals surface area contributed by atoms with Gasteiger partial charge < -0.3 is 4.74 Å². The highest BCUT2D eigenvalue weighted by molar-refractivity contribution is 5.70. The fourth-order valence-corrected chi connectivity index (χ4v) is 1.76. The second-order valence-electron chi connectivity index (χ2n) is 3.78. The molecule has 0 aromatic rings. The van der Waals surface area contributed by atoms with Crippen LogP contribution in [0.5, 0.6) is 0 Å². The predicted molar refractivity (Wildman–Crippen MR) is 58.2 cm³/mol. The third kappa shape index (κ3) is 4.61. The van der Waals surface area contributed by atoms with Gasteiger partial charge in [0.15, 0.2) is 0 Å². The Bertz CT molecular complexity index is 169. The second kappa shape index (κ2) is 6.82. The molecule has 0 fully saturated rings. The average molecular weight is 201 g/mol. The largest absolute Gasteiger partial charge is 0.466 e. The highest BCUT2D eigenvalue weighted by Gasteiger charge is 2.18. The molecule has 0 spiro atoms. The predicted octanol–water partition coefficient (Wildman–Crippen LogP) is 2.06. The monoisotopic (exact) mass is 201 g/mol. The van der Waals surface area contributed by atoms with Gasteiger partial charge in [0.05, 0.1) is 13.0 Å². The lowest BCUT2D eigenvalue weighted by Gasteiger charge is -2.30. The molecule has 84 valence electrons. The van der Waals surface area contributed by atoms with Gasteiger partial charge in [0, 0.05) is 12.1 Å². The zero-order valence-electron chi connectivity index (χ0n) is 10.0. The molecule has 0 N–H and O–H groups in total. The van der Waals surface area contributed by atoms with Crippen molar-refractivity contribution in [1.29, 1.82) is 0 Å². The minimum atomic E-state index is -0.0981. The van der Waals surface area contributed by atoms with Gasteiger partial charge in [-0.2, -0.15) is 0 Å². The third-order valence-corrected chi connectivity index (χ3v) is 2.36. The van der Waals surface area contributed by atoms with Gasteiger partial charge in [-0.25, -0.2) is 0 Å². The summed E-state index contributed by atoms with van der Waals surface area (Å²) >= 11 is 0. The number of nitrogens with zero attached hydrogens (tertiary/aromatic N) is 1. The van der Waals surface area contributed by atoms with Crippen LogP contribution in [0.25, 0.3) is 0 Å². The molecule has 0 bridgehead atoms. The molecule has 0 aromatic heterocycles. The summed E-state index contributed by atoms with van der Waals surface area (Å²) in [5, 5.41) is 0. The number of hydrogen-bond acceptors (Lipinski definition) is 3. The van der Waals surface area contributed by atoms with E-state index < -0.39 is 0 Å². The van der Waals surface area contributed by atoms with Crippen LogP contribution in [-0.4, -0.2) is 36.1 Å². The quantitative estimate of drug-likeness (QED) is 0.616. The van der Waals surface area contributed by atoms with Gasteiger partial charge in [-0.05, 0) is 34.2 Å². The molecule has 0 radical (unpaired) electrons. The number of ether oxygens (including phenoxy) is 1. The van der Waals surface area contributed by atoms with E-state index in [1.165, 1.54) is 0 Å². The minimum Gasteiger partial charge on any atom is -0.466 e. The Hall–Kier alpha value is -0.570. The molecule has 0 heterocycles. The molecule has 1 unspecified atom stereocenters. The van der Waals surface area contributed by atoms with Crippen molar-refractivity contribution in [3.63, 3.8) is 0 Å². The van der Waals surface area contributed by atoms with Crippen molar-refractivity contribution in [2.45, 2.75) is 53.1 Å². The number of carbonyl (C=O) groups is 1. The molecule has 0 aliphatic heterocycles. The fraction of sp³-hybridized carbons (Fsp3) is 0.909. The summed E-state index contributed by atoms with van der Waals surface area (Å²) in [6.45, 7) is 11.7. The topological polar surface area (TPSA) is 29.5 Å². The van der Waals surface area contributed by atoms with Crippen LogP contribution in [0, 0.1) is 0 Å². The molecular weight excluding hydrogens is 178 g/mol. The zero-order chi connectivity index (χ0) is 11.1. The first-order valence-electron chi connectivity index (χ1n) is 5.44. The molecule has 0 saturated carbocycles. The van der Waals surface area contributed by atoms with E-state index in [4.69, 9.17) is 4.74 Å². The van der Waals surface area contributed by atoms with Crippen molar-refractivity contribution in [2.75, 3.05) is 13.2 Å². The maximum atomic E-state index is 11.2. The average Bonchev–Trinajstić information content (AvgIpc) is 2.04. The SMILES string of the molecule is CCOC(=O)CC(C)N(CC)C(C)C. The summed E-state index contributed by atoms with van der Waals surface area (Å²) in [7, 11) is 0. The van der Waals surface area contributed by atoms with Crippen molar-refractivity contribution in [1.82, 2.24) is 4.90 Å². The lowest BCUT2D eigenvalue weighted by Crippen LogP contribution is -2.39. The van der Waals surface area contributed by atoms with Gasteiger partial charge in [-0.3, -0.25) is 9.69 Å². The van der Waals surface area contributed by atoms with Crippen molar-refractivity contribution in [2.24, 2.45) is 0 Å². The third-order valence-electron chi connectivity index (χ3n) is 2.36. The van der Waals surface area contributed by atoms with Gasteiger partial charge in [-0.15, -0.1) is 0 Å². The molecule has 0 rings (SSSR count). The van der Waals surface area contributed by atoms with E-state index in [1.54, 1.807) is 0 Å². The molecule has 0 amide bonds. The molecule has 0 aliphatic carbocycles. The Morgan fingerprint density at radius 2 is 1.86 bits per heavy atom. The number of esters is 1. The number of carbonyl (C=O) groups excluding carboxylic acids is 1. The Labute approximate surface area is 87.4 Å². The van der Waals surface area contributed by atoms with E-state index in [2.05, 4.69) is 32.6 Å². The summed E-state index contributed by atoms with van der Waals surface area (Å²) in [5.74, 6) is -0.0981. The summed E-state index contributed by atoms with van der Waals surface area (Å²) < 4.78 is 4.92. The van der Waals surface area contributed by atoms with E-state index >= 15 is 0 Å². The molecule has 1 atom stereocenters. The highest BCUT2D eigenvalue weighted by Crippen LogP contribution is 2.08. The van der Waals surface area contributed by atoms with Gasteiger partial charge in [0.1, 0.15) is 0 Å². The molecule has 0 saturated heterocycles. The molecular formula is C11H23NO2. The fourth-order valence-electron chi connectivity index (χ4n) is 1.76. The van der Waals surface area contributed by atoms with Crippen LogP contribution in [-0.2, 0) is 9.53 Å². The van der Waals surface area contributed by atoms with Crippen molar-refractivity contribution < 1.29 is 9.53 Å². The lowest BCUT2D eigenvalue weighted by atomic mass is 10.1. The standard InChI is InChI=1S/C11H23NO2/c1-6-12(9(3)4)10(5)8-11(13)14-7-2/h9-10H,6-8H2,1-5H3. The number of rotatable bonds is 6. The van der Waals surface area contributed by atoms with Gasteiger partial charge in [-0.1, -0.05) is 6.92 Å². The number of hydrogen-bond donors (Lipinski definition) is 0. The first-order chi connectivity index (χ1) is 6.52. The molecule has 0 aromatic carbocycles. The first-order valence-corrected chi connectivity index (χ1v) is 5.44. The minimum absolute atomic E-state index is 0.0981. The molecule has 14 heavy (non-hydrogen) atoms. The van der Waals surface area contributed by atoms with Crippen LogP contribution in [0.15, 0.2) is 0 Å². The van der Waals surface area contributed by atoms with Crippen LogP contribution < -0.4 is 0 Å². The van der Waals surface area contributed by atoms with E-state index in [1.807, 2.05) is 6.92 Å². The van der Waals surface area contributed by atoms with Crippen molar-refractivity contribution in [3.8, 4) is 0 Å². The van der Waals surface area contributed by atoms with Crippen LogP contribution in [0.2, 0.25) is 0 Å². The Balaban J connectivity index is 4.03. The van der Waals surface area contributed by atoms with E-state index in [0.717, 1.165) is 6.54 Å². The molecule has 3 nitrogen and oxygen atoms in total. The van der Waals surface area contributed by atoms with Crippen LogP contribution >= 0.6 is 0 Å². The normalized spacial score (nSPS) is 13.4. The van der Waals surface area contributed by atoms with Crippen molar-refractivity contribution >= 4 is 5.97 Å². The van der Waals surface area contributed by atoms with E-state index in [9.17, 15) is 4.79 Å². The Morgan fingerprint density at radius 3 is 2.21 bits per heavy atom. The van der Waals surface area contributed by atoms with Gasteiger partial charge >= 0.3 is 5.97 Å². The zero-order valence-corrected chi connectivity index (χ0v) is 10.0.